The minimum absolute atomic E-state index is 0.125. The van der Waals surface area contributed by atoms with Crippen molar-refractivity contribution in [3.05, 3.63) is 59.0 Å². The molecule has 3 N–H and O–H groups in total. The summed E-state index contributed by atoms with van der Waals surface area (Å²) in [6, 6.07) is 10.0. The van der Waals surface area contributed by atoms with Gasteiger partial charge in [-0.15, -0.1) is 0 Å². The molecule has 1 aromatic heterocycles. The standard InChI is InChI=1S/C20H24ClFN6O/c1-23-20(26-11-10-25-19(29)15-5-2-3-6-16(15)21)27-14-8-12-28(13-14)18-17(22)7-4-9-24-18/h2-7,9,14H,8,10-13H2,1H3,(H,25,29)(H2,23,26,27). The highest BCUT2D eigenvalue weighted by molar-refractivity contribution is 6.33. The Hall–Kier alpha value is -2.87. The van der Waals surface area contributed by atoms with Crippen molar-refractivity contribution in [3.63, 3.8) is 0 Å². The van der Waals surface area contributed by atoms with E-state index in [2.05, 4.69) is 25.9 Å². The Morgan fingerprint density at radius 1 is 1.28 bits per heavy atom. The van der Waals surface area contributed by atoms with Gasteiger partial charge in [0.2, 0.25) is 0 Å². The number of anilines is 1. The summed E-state index contributed by atoms with van der Waals surface area (Å²) in [5.41, 5.74) is 0.449. The Morgan fingerprint density at radius 3 is 2.83 bits per heavy atom. The predicted octanol–water partition coefficient (Wildman–Crippen LogP) is 2.05. The van der Waals surface area contributed by atoms with E-state index in [1.807, 2.05) is 4.90 Å². The molecule has 2 heterocycles. The Balaban J connectivity index is 1.42. The fraction of sp³-hybridized carbons (Fsp3) is 0.350. The zero-order valence-electron chi connectivity index (χ0n) is 16.2. The van der Waals surface area contributed by atoms with Gasteiger partial charge in [-0.1, -0.05) is 23.7 Å². The highest BCUT2D eigenvalue weighted by atomic mass is 35.5. The summed E-state index contributed by atoms with van der Waals surface area (Å²) in [6.45, 7) is 2.27. The van der Waals surface area contributed by atoms with E-state index >= 15 is 0 Å². The second-order valence-electron chi connectivity index (χ2n) is 6.62. The van der Waals surface area contributed by atoms with Gasteiger partial charge in [0.15, 0.2) is 17.6 Å². The average Bonchev–Trinajstić information content (AvgIpc) is 3.19. The fourth-order valence-electron chi connectivity index (χ4n) is 3.17. The first-order chi connectivity index (χ1) is 14.1. The Morgan fingerprint density at radius 2 is 2.07 bits per heavy atom. The SMILES string of the molecule is CN=C(NCCNC(=O)c1ccccc1Cl)NC1CCN(c2ncccc2F)C1. The summed E-state index contributed by atoms with van der Waals surface area (Å²) >= 11 is 6.03. The van der Waals surface area contributed by atoms with Gasteiger partial charge in [0.1, 0.15) is 0 Å². The molecule has 9 heteroatoms. The van der Waals surface area contributed by atoms with Crippen LogP contribution in [0.2, 0.25) is 5.02 Å². The van der Waals surface area contributed by atoms with Crippen molar-refractivity contribution < 1.29 is 9.18 Å². The molecular weight excluding hydrogens is 395 g/mol. The summed E-state index contributed by atoms with van der Waals surface area (Å²) in [5, 5.41) is 9.74. The van der Waals surface area contributed by atoms with Crippen LogP contribution in [-0.2, 0) is 0 Å². The molecule has 2 aromatic rings. The zero-order valence-corrected chi connectivity index (χ0v) is 16.9. The monoisotopic (exact) mass is 418 g/mol. The molecule has 154 valence electrons. The van der Waals surface area contributed by atoms with Crippen LogP contribution in [0, 0.1) is 5.82 Å². The normalized spacial score (nSPS) is 16.6. The van der Waals surface area contributed by atoms with Gasteiger partial charge in [0, 0.05) is 45.5 Å². The lowest BCUT2D eigenvalue weighted by atomic mass is 10.2. The molecule has 29 heavy (non-hydrogen) atoms. The number of benzene rings is 1. The predicted molar refractivity (Wildman–Crippen MR) is 113 cm³/mol. The van der Waals surface area contributed by atoms with E-state index in [4.69, 9.17) is 11.6 Å². The molecule has 0 bridgehead atoms. The third kappa shape index (κ3) is 5.57. The van der Waals surface area contributed by atoms with Crippen molar-refractivity contribution in [2.75, 3.05) is 38.1 Å². The van der Waals surface area contributed by atoms with E-state index in [1.165, 1.54) is 6.07 Å². The van der Waals surface area contributed by atoms with Crippen molar-refractivity contribution in [3.8, 4) is 0 Å². The molecule has 1 fully saturated rings. The van der Waals surface area contributed by atoms with Gasteiger partial charge in [0.25, 0.3) is 5.91 Å². The number of aliphatic imine (C=N–C) groups is 1. The molecule has 7 nitrogen and oxygen atoms in total. The third-order valence-electron chi connectivity index (χ3n) is 4.61. The molecule has 1 saturated heterocycles. The lowest BCUT2D eigenvalue weighted by Crippen LogP contribution is -2.46. The Kier molecular flexibility index (Phi) is 7.24. The van der Waals surface area contributed by atoms with Crippen LogP contribution in [0.25, 0.3) is 0 Å². The van der Waals surface area contributed by atoms with Crippen molar-refractivity contribution >= 4 is 29.3 Å². The number of guanidine groups is 1. The van der Waals surface area contributed by atoms with Crippen LogP contribution >= 0.6 is 11.6 Å². The van der Waals surface area contributed by atoms with Crippen molar-refractivity contribution in [2.45, 2.75) is 12.5 Å². The van der Waals surface area contributed by atoms with Gasteiger partial charge in [-0.05, 0) is 30.7 Å². The van der Waals surface area contributed by atoms with E-state index < -0.39 is 0 Å². The molecular formula is C20H24ClFN6O. The third-order valence-corrected chi connectivity index (χ3v) is 4.94. The maximum atomic E-state index is 13.9. The van der Waals surface area contributed by atoms with Crippen LogP contribution in [-0.4, -0.2) is 56.1 Å². The summed E-state index contributed by atoms with van der Waals surface area (Å²) in [5.74, 6) is 0.474. The van der Waals surface area contributed by atoms with Gasteiger partial charge in [-0.3, -0.25) is 9.79 Å². The number of amides is 1. The molecule has 3 rings (SSSR count). The first-order valence-electron chi connectivity index (χ1n) is 9.44. The molecule has 1 aromatic carbocycles. The average molecular weight is 419 g/mol. The molecule has 1 aliphatic heterocycles. The summed E-state index contributed by atoms with van der Waals surface area (Å²) in [4.78, 5) is 22.4. The summed E-state index contributed by atoms with van der Waals surface area (Å²) < 4.78 is 13.9. The topological polar surface area (TPSA) is 81.6 Å². The summed E-state index contributed by atoms with van der Waals surface area (Å²) in [7, 11) is 1.68. The first-order valence-corrected chi connectivity index (χ1v) is 9.81. The van der Waals surface area contributed by atoms with E-state index in [9.17, 15) is 9.18 Å². The minimum atomic E-state index is -0.315. The zero-order chi connectivity index (χ0) is 20.6. The van der Waals surface area contributed by atoms with Gasteiger partial charge < -0.3 is 20.9 Å². The lowest BCUT2D eigenvalue weighted by molar-refractivity contribution is 0.0954. The number of hydrogen-bond acceptors (Lipinski definition) is 4. The summed E-state index contributed by atoms with van der Waals surface area (Å²) in [6.07, 6.45) is 2.44. The highest BCUT2D eigenvalue weighted by Gasteiger charge is 2.25. The van der Waals surface area contributed by atoms with Crippen molar-refractivity contribution in [1.82, 2.24) is 20.9 Å². The molecule has 1 aliphatic rings. The number of hydrogen-bond donors (Lipinski definition) is 3. The Labute approximate surface area is 174 Å². The van der Waals surface area contributed by atoms with Crippen LogP contribution in [0.3, 0.4) is 0 Å². The van der Waals surface area contributed by atoms with Crippen molar-refractivity contribution in [2.24, 2.45) is 4.99 Å². The molecule has 1 atom stereocenters. The first kappa shape index (κ1) is 20.9. The van der Waals surface area contributed by atoms with Crippen LogP contribution < -0.4 is 20.9 Å². The van der Waals surface area contributed by atoms with Crippen LogP contribution in [0.15, 0.2) is 47.6 Å². The molecule has 0 radical (unpaired) electrons. The molecule has 1 unspecified atom stereocenters. The second-order valence-corrected chi connectivity index (χ2v) is 7.03. The maximum Gasteiger partial charge on any atom is 0.252 e. The van der Waals surface area contributed by atoms with Gasteiger partial charge in [0.05, 0.1) is 10.6 Å². The van der Waals surface area contributed by atoms with Crippen LogP contribution in [0.5, 0.6) is 0 Å². The van der Waals surface area contributed by atoms with E-state index in [-0.39, 0.29) is 17.8 Å². The lowest BCUT2D eigenvalue weighted by Gasteiger charge is -2.20. The number of halogens is 2. The number of carbonyl (C=O) groups excluding carboxylic acids is 1. The molecule has 0 saturated carbocycles. The van der Waals surface area contributed by atoms with E-state index in [0.717, 1.165) is 13.0 Å². The van der Waals surface area contributed by atoms with Crippen molar-refractivity contribution in [1.29, 1.82) is 0 Å². The Bertz CT molecular complexity index is 878. The van der Waals surface area contributed by atoms with E-state index in [0.29, 0.717) is 42.0 Å². The number of rotatable bonds is 6. The number of carbonyl (C=O) groups is 1. The number of nitrogens with one attached hydrogen (secondary N) is 3. The largest absolute Gasteiger partial charge is 0.355 e. The van der Waals surface area contributed by atoms with Gasteiger partial charge >= 0.3 is 0 Å². The van der Waals surface area contributed by atoms with Gasteiger partial charge in [-0.2, -0.15) is 0 Å². The number of aromatic nitrogens is 1. The maximum absolute atomic E-state index is 13.9. The van der Waals surface area contributed by atoms with Gasteiger partial charge in [-0.25, -0.2) is 9.37 Å². The number of pyridine rings is 1. The molecule has 0 spiro atoms. The minimum Gasteiger partial charge on any atom is -0.355 e. The molecule has 1 amide bonds. The van der Waals surface area contributed by atoms with E-state index in [1.54, 1.807) is 43.6 Å². The highest BCUT2D eigenvalue weighted by Crippen LogP contribution is 2.20. The smallest absolute Gasteiger partial charge is 0.252 e. The van der Waals surface area contributed by atoms with Crippen LogP contribution in [0.4, 0.5) is 10.2 Å². The quantitative estimate of drug-likeness (QED) is 0.380. The molecule has 0 aliphatic carbocycles. The number of nitrogens with zero attached hydrogens (tertiary/aromatic N) is 3. The van der Waals surface area contributed by atoms with Crippen LogP contribution in [0.1, 0.15) is 16.8 Å². The second kappa shape index (κ2) is 10.1. The fourth-order valence-corrected chi connectivity index (χ4v) is 3.39.